The van der Waals surface area contributed by atoms with E-state index >= 15 is 0 Å². The van der Waals surface area contributed by atoms with Crippen molar-refractivity contribution in [2.75, 3.05) is 11.9 Å². The highest BCUT2D eigenvalue weighted by atomic mass is 16.3. The average molecular weight is 298 g/mol. The second-order valence-corrected chi connectivity index (χ2v) is 5.50. The van der Waals surface area contributed by atoms with E-state index in [1.165, 1.54) is 0 Å². The first-order valence-corrected chi connectivity index (χ1v) is 7.44. The number of nitrogens with one attached hydrogen (secondary N) is 2. The molecule has 2 amide bonds. The van der Waals surface area contributed by atoms with Crippen LogP contribution in [0.4, 0.5) is 10.5 Å². The summed E-state index contributed by atoms with van der Waals surface area (Å²) in [5, 5.41) is 15.6. The van der Waals surface area contributed by atoms with Crippen LogP contribution < -0.4 is 10.6 Å². The van der Waals surface area contributed by atoms with Crippen LogP contribution in [0.2, 0.25) is 0 Å². The lowest BCUT2D eigenvalue weighted by Gasteiger charge is -2.16. The number of para-hydroxylation sites is 1. The molecule has 22 heavy (non-hydrogen) atoms. The summed E-state index contributed by atoms with van der Waals surface area (Å²) in [4.78, 5) is 12.0. The molecule has 0 saturated carbocycles. The van der Waals surface area contributed by atoms with Crippen molar-refractivity contribution in [3.63, 3.8) is 0 Å². The molecule has 0 radical (unpaired) electrons. The van der Waals surface area contributed by atoms with Crippen molar-refractivity contribution in [3.05, 3.63) is 65.7 Å². The molecular weight excluding hydrogens is 276 g/mol. The zero-order valence-corrected chi connectivity index (χ0v) is 12.9. The average Bonchev–Trinajstić information content (AvgIpc) is 2.53. The quantitative estimate of drug-likeness (QED) is 0.789. The van der Waals surface area contributed by atoms with Crippen LogP contribution in [0.25, 0.3) is 0 Å². The molecule has 0 unspecified atom stereocenters. The van der Waals surface area contributed by atoms with Crippen LogP contribution in [-0.4, -0.2) is 17.7 Å². The van der Waals surface area contributed by atoms with Gasteiger partial charge in [0.05, 0.1) is 6.10 Å². The van der Waals surface area contributed by atoms with Gasteiger partial charge in [0.1, 0.15) is 0 Å². The number of hydrogen-bond acceptors (Lipinski definition) is 2. The zero-order valence-electron chi connectivity index (χ0n) is 12.9. The van der Waals surface area contributed by atoms with E-state index in [9.17, 15) is 9.90 Å². The Morgan fingerprint density at radius 2 is 1.68 bits per heavy atom. The van der Waals surface area contributed by atoms with Gasteiger partial charge in [-0.15, -0.1) is 0 Å². The lowest BCUT2D eigenvalue weighted by atomic mass is 10.0. The van der Waals surface area contributed by atoms with Crippen LogP contribution >= 0.6 is 0 Å². The Morgan fingerprint density at radius 3 is 2.36 bits per heavy atom. The van der Waals surface area contributed by atoms with Crippen LogP contribution in [0.5, 0.6) is 0 Å². The Bertz CT molecular complexity index is 611. The maximum atomic E-state index is 12.0. The summed E-state index contributed by atoms with van der Waals surface area (Å²) in [6.45, 7) is 4.33. The predicted octanol–water partition coefficient (Wildman–Crippen LogP) is 3.67. The molecule has 0 saturated heterocycles. The number of urea groups is 1. The highest BCUT2D eigenvalue weighted by Crippen LogP contribution is 2.23. The zero-order chi connectivity index (χ0) is 15.9. The van der Waals surface area contributed by atoms with E-state index in [1.54, 1.807) is 0 Å². The van der Waals surface area contributed by atoms with Crippen LogP contribution in [0.3, 0.4) is 0 Å². The number of hydrogen-bond donors (Lipinski definition) is 3. The molecular formula is C18H22N2O2. The van der Waals surface area contributed by atoms with Gasteiger partial charge in [-0.2, -0.15) is 0 Å². The third-order valence-corrected chi connectivity index (χ3v) is 3.47. The van der Waals surface area contributed by atoms with E-state index in [-0.39, 0.29) is 12.6 Å². The summed E-state index contributed by atoms with van der Waals surface area (Å²) in [6.07, 6.45) is -0.715. The number of amides is 2. The maximum Gasteiger partial charge on any atom is 0.319 e. The molecule has 2 rings (SSSR count). The molecule has 4 heteroatoms. The normalized spacial score (nSPS) is 12.0. The van der Waals surface area contributed by atoms with Gasteiger partial charge >= 0.3 is 6.03 Å². The Kier molecular flexibility index (Phi) is 5.55. The lowest BCUT2D eigenvalue weighted by Crippen LogP contribution is -2.32. The van der Waals surface area contributed by atoms with E-state index in [2.05, 4.69) is 24.5 Å². The van der Waals surface area contributed by atoms with Crippen LogP contribution in [-0.2, 0) is 0 Å². The van der Waals surface area contributed by atoms with E-state index in [0.717, 1.165) is 16.8 Å². The molecule has 0 aliphatic carbocycles. The fraction of sp³-hybridized carbons (Fsp3) is 0.278. The summed E-state index contributed by atoms with van der Waals surface area (Å²) in [6, 6.07) is 16.7. The summed E-state index contributed by atoms with van der Waals surface area (Å²) in [5.74, 6) is 0.325. The number of benzene rings is 2. The highest BCUT2D eigenvalue weighted by Gasteiger charge is 2.11. The first-order valence-electron chi connectivity index (χ1n) is 7.44. The standard InChI is InChI=1S/C18H22N2O2/c1-13(2)15-10-6-7-11-16(15)20-18(22)19-12-17(21)14-8-4-3-5-9-14/h3-11,13,17,21H,12H2,1-2H3,(H2,19,20,22)/t17-/m1/s1. The van der Waals surface area contributed by atoms with Crippen molar-refractivity contribution < 1.29 is 9.90 Å². The fourth-order valence-electron chi connectivity index (χ4n) is 2.26. The number of aliphatic hydroxyl groups is 1. The van der Waals surface area contributed by atoms with E-state index < -0.39 is 6.10 Å². The van der Waals surface area contributed by atoms with Crippen LogP contribution in [0.15, 0.2) is 54.6 Å². The summed E-state index contributed by atoms with van der Waals surface area (Å²) >= 11 is 0. The molecule has 0 fully saturated rings. The maximum absolute atomic E-state index is 12.0. The van der Waals surface area contributed by atoms with Gasteiger partial charge in [-0.25, -0.2) is 4.79 Å². The minimum atomic E-state index is -0.715. The number of carbonyl (C=O) groups excluding carboxylic acids is 1. The number of anilines is 1. The molecule has 0 aliphatic rings. The second-order valence-electron chi connectivity index (χ2n) is 5.50. The van der Waals surface area contributed by atoms with Gasteiger partial charge in [0, 0.05) is 12.2 Å². The van der Waals surface area contributed by atoms with Gasteiger partial charge in [0.2, 0.25) is 0 Å². The van der Waals surface area contributed by atoms with Crippen LogP contribution in [0, 0.1) is 0 Å². The van der Waals surface area contributed by atoms with Crippen molar-refractivity contribution in [1.29, 1.82) is 0 Å². The number of rotatable bonds is 5. The minimum Gasteiger partial charge on any atom is -0.387 e. The molecule has 0 aliphatic heterocycles. The third kappa shape index (κ3) is 4.33. The van der Waals surface area contributed by atoms with Gasteiger partial charge in [-0.1, -0.05) is 62.4 Å². The van der Waals surface area contributed by atoms with Gasteiger partial charge < -0.3 is 15.7 Å². The molecule has 4 nitrogen and oxygen atoms in total. The summed E-state index contributed by atoms with van der Waals surface area (Å²) in [7, 11) is 0. The minimum absolute atomic E-state index is 0.166. The predicted molar refractivity (Wildman–Crippen MR) is 89.0 cm³/mol. The molecule has 0 aromatic heterocycles. The monoisotopic (exact) mass is 298 g/mol. The fourth-order valence-corrected chi connectivity index (χ4v) is 2.26. The van der Waals surface area contributed by atoms with Crippen molar-refractivity contribution in [2.24, 2.45) is 0 Å². The van der Waals surface area contributed by atoms with E-state index in [0.29, 0.717) is 5.92 Å². The number of aliphatic hydroxyl groups excluding tert-OH is 1. The first-order chi connectivity index (χ1) is 10.6. The van der Waals surface area contributed by atoms with Crippen molar-refractivity contribution in [3.8, 4) is 0 Å². The molecule has 1 atom stereocenters. The van der Waals surface area contributed by atoms with Gasteiger partial charge in [0.15, 0.2) is 0 Å². The Balaban J connectivity index is 1.91. The highest BCUT2D eigenvalue weighted by molar-refractivity contribution is 5.90. The lowest BCUT2D eigenvalue weighted by molar-refractivity contribution is 0.175. The SMILES string of the molecule is CC(C)c1ccccc1NC(=O)NC[C@@H](O)c1ccccc1. The van der Waals surface area contributed by atoms with Gasteiger partial charge in [-0.3, -0.25) is 0 Å². The van der Waals surface area contributed by atoms with Gasteiger partial charge in [-0.05, 0) is 23.1 Å². The molecule has 0 heterocycles. The Morgan fingerprint density at radius 1 is 1.05 bits per heavy atom. The second kappa shape index (κ2) is 7.61. The van der Waals surface area contributed by atoms with Gasteiger partial charge in [0.25, 0.3) is 0 Å². The van der Waals surface area contributed by atoms with E-state index in [1.807, 2.05) is 54.6 Å². The van der Waals surface area contributed by atoms with Crippen molar-refractivity contribution in [2.45, 2.75) is 25.9 Å². The molecule has 2 aromatic carbocycles. The van der Waals surface area contributed by atoms with Crippen molar-refractivity contribution in [1.82, 2.24) is 5.32 Å². The van der Waals surface area contributed by atoms with E-state index in [4.69, 9.17) is 0 Å². The molecule has 0 spiro atoms. The van der Waals surface area contributed by atoms with Crippen molar-refractivity contribution >= 4 is 11.7 Å². The Hall–Kier alpha value is -2.33. The molecule has 2 aromatic rings. The third-order valence-electron chi connectivity index (χ3n) is 3.47. The summed E-state index contributed by atoms with van der Waals surface area (Å²) < 4.78 is 0. The first kappa shape index (κ1) is 16.0. The molecule has 116 valence electrons. The number of carbonyl (C=O) groups is 1. The largest absolute Gasteiger partial charge is 0.387 e. The van der Waals surface area contributed by atoms with Crippen LogP contribution in [0.1, 0.15) is 37.0 Å². The summed E-state index contributed by atoms with van der Waals surface area (Å²) in [5.41, 5.74) is 2.66. The topological polar surface area (TPSA) is 61.4 Å². The molecule has 3 N–H and O–H groups in total. The molecule has 0 bridgehead atoms. The Labute approximate surface area is 131 Å². The smallest absolute Gasteiger partial charge is 0.319 e.